The van der Waals surface area contributed by atoms with Gasteiger partial charge in [-0.15, -0.1) is 0 Å². The largest absolute Gasteiger partial charge is 0.314 e. The van der Waals surface area contributed by atoms with E-state index in [2.05, 4.69) is 32.2 Å². The molecule has 0 aromatic heterocycles. The summed E-state index contributed by atoms with van der Waals surface area (Å²) < 4.78 is 13.9. The Morgan fingerprint density at radius 2 is 1.89 bits per heavy atom. The molecule has 1 unspecified atom stereocenters. The number of benzene rings is 1. The van der Waals surface area contributed by atoms with Crippen molar-refractivity contribution in [3.8, 4) is 0 Å². The Labute approximate surface area is 111 Å². The SMILES string of the molecule is CCNC(CCc1c(C)cc(C)cc1F)C(C)C. The fourth-order valence-electron chi connectivity index (χ4n) is 2.50. The summed E-state index contributed by atoms with van der Waals surface area (Å²) in [6.07, 6.45) is 1.81. The van der Waals surface area contributed by atoms with Crippen LogP contribution in [-0.4, -0.2) is 12.6 Å². The van der Waals surface area contributed by atoms with E-state index in [0.717, 1.165) is 36.1 Å². The highest BCUT2D eigenvalue weighted by Crippen LogP contribution is 2.19. The molecule has 0 amide bonds. The summed E-state index contributed by atoms with van der Waals surface area (Å²) in [5.41, 5.74) is 2.96. The fraction of sp³-hybridized carbons (Fsp3) is 0.625. The topological polar surface area (TPSA) is 12.0 Å². The van der Waals surface area contributed by atoms with Gasteiger partial charge in [0.2, 0.25) is 0 Å². The predicted molar refractivity (Wildman–Crippen MR) is 76.5 cm³/mol. The average Bonchev–Trinajstić information content (AvgIpc) is 2.25. The third-order valence-corrected chi connectivity index (χ3v) is 3.54. The number of hydrogen-bond donors (Lipinski definition) is 1. The molecule has 0 bridgehead atoms. The highest BCUT2D eigenvalue weighted by molar-refractivity contribution is 5.32. The van der Waals surface area contributed by atoms with E-state index in [1.165, 1.54) is 0 Å². The first kappa shape index (κ1) is 15.2. The van der Waals surface area contributed by atoms with Crippen molar-refractivity contribution in [3.63, 3.8) is 0 Å². The molecule has 0 aliphatic rings. The van der Waals surface area contributed by atoms with Crippen molar-refractivity contribution in [1.29, 1.82) is 0 Å². The lowest BCUT2D eigenvalue weighted by Crippen LogP contribution is -2.34. The number of halogens is 1. The Balaban J connectivity index is 2.73. The molecule has 0 saturated carbocycles. The zero-order valence-electron chi connectivity index (χ0n) is 12.3. The van der Waals surface area contributed by atoms with Gasteiger partial charge in [-0.05, 0) is 61.9 Å². The van der Waals surface area contributed by atoms with E-state index >= 15 is 0 Å². The highest BCUT2D eigenvalue weighted by Gasteiger charge is 2.14. The third kappa shape index (κ3) is 4.09. The van der Waals surface area contributed by atoms with Gasteiger partial charge in [0.15, 0.2) is 0 Å². The van der Waals surface area contributed by atoms with Gasteiger partial charge in [-0.2, -0.15) is 0 Å². The Bertz CT molecular complexity index is 362. The predicted octanol–water partition coefficient (Wildman–Crippen LogP) is 4.01. The van der Waals surface area contributed by atoms with Crippen molar-refractivity contribution in [2.24, 2.45) is 5.92 Å². The van der Waals surface area contributed by atoms with Crippen molar-refractivity contribution >= 4 is 0 Å². The molecule has 0 aliphatic heterocycles. The van der Waals surface area contributed by atoms with Crippen LogP contribution < -0.4 is 5.32 Å². The molecule has 0 aliphatic carbocycles. The first-order chi connectivity index (χ1) is 8.45. The van der Waals surface area contributed by atoms with Crippen molar-refractivity contribution in [3.05, 3.63) is 34.6 Å². The molecule has 0 heterocycles. The molecule has 1 rings (SSSR count). The van der Waals surface area contributed by atoms with Gasteiger partial charge in [-0.25, -0.2) is 4.39 Å². The highest BCUT2D eigenvalue weighted by atomic mass is 19.1. The molecule has 2 heteroatoms. The van der Waals surface area contributed by atoms with E-state index in [9.17, 15) is 4.39 Å². The quantitative estimate of drug-likeness (QED) is 0.805. The van der Waals surface area contributed by atoms with Crippen molar-refractivity contribution in [1.82, 2.24) is 5.32 Å². The van der Waals surface area contributed by atoms with Crippen LogP contribution in [0.25, 0.3) is 0 Å². The number of hydrogen-bond acceptors (Lipinski definition) is 1. The van der Waals surface area contributed by atoms with Crippen LogP contribution in [0.5, 0.6) is 0 Å². The monoisotopic (exact) mass is 251 g/mol. The second kappa shape index (κ2) is 6.89. The van der Waals surface area contributed by atoms with Crippen LogP contribution in [0, 0.1) is 25.6 Å². The van der Waals surface area contributed by atoms with E-state index in [-0.39, 0.29) is 5.82 Å². The van der Waals surface area contributed by atoms with Crippen LogP contribution >= 0.6 is 0 Å². The first-order valence-electron chi connectivity index (χ1n) is 6.94. The van der Waals surface area contributed by atoms with Crippen molar-refractivity contribution < 1.29 is 4.39 Å². The summed E-state index contributed by atoms with van der Waals surface area (Å²) in [6.45, 7) is 11.5. The summed E-state index contributed by atoms with van der Waals surface area (Å²) in [7, 11) is 0. The molecular weight excluding hydrogens is 225 g/mol. The van der Waals surface area contributed by atoms with Crippen LogP contribution in [0.2, 0.25) is 0 Å². The molecule has 1 nitrogen and oxygen atoms in total. The van der Waals surface area contributed by atoms with Gasteiger partial charge in [0, 0.05) is 6.04 Å². The van der Waals surface area contributed by atoms with E-state index in [4.69, 9.17) is 0 Å². The van der Waals surface area contributed by atoms with Gasteiger partial charge in [0.1, 0.15) is 5.82 Å². The molecule has 1 atom stereocenters. The summed E-state index contributed by atoms with van der Waals surface area (Å²) in [5.74, 6) is 0.533. The van der Waals surface area contributed by atoms with E-state index in [1.54, 1.807) is 6.07 Å². The molecular formula is C16H26FN. The molecule has 1 aromatic carbocycles. The van der Waals surface area contributed by atoms with Crippen molar-refractivity contribution in [2.75, 3.05) is 6.54 Å². The standard InChI is InChI=1S/C16H26FN/c1-6-18-16(11(2)3)8-7-14-13(5)9-12(4)10-15(14)17/h9-11,16,18H,6-8H2,1-5H3. The van der Waals surface area contributed by atoms with Crippen molar-refractivity contribution in [2.45, 2.75) is 53.5 Å². The molecule has 0 saturated heterocycles. The minimum atomic E-state index is -0.0495. The van der Waals surface area contributed by atoms with E-state index in [0.29, 0.717) is 12.0 Å². The van der Waals surface area contributed by atoms with E-state index < -0.39 is 0 Å². The minimum absolute atomic E-state index is 0.0495. The lowest BCUT2D eigenvalue weighted by atomic mass is 9.94. The zero-order valence-corrected chi connectivity index (χ0v) is 12.3. The molecule has 0 fully saturated rings. The van der Waals surface area contributed by atoms with Crippen LogP contribution in [0.15, 0.2) is 12.1 Å². The summed E-state index contributed by atoms with van der Waals surface area (Å²) in [6, 6.07) is 4.17. The maximum absolute atomic E-state index is 13.9. The van der Waals surface area contributed by atoms with Gasteiger partial charge in [-0.3, -0.25) is 0 Å². The molecule has 1 N–H and O–H groups in total. The molecule has 1 aromatic rings. The summed E-state index contributed by atoms with van der Waals surface area (Å²) >= 11 is 0. The molecule has 18 heavy (non-hydrogen) atoms. The Hall–Kier alpha value is -0.890. The molecule has 0 spiro atoms. The Kier molecular flexibility index (Phi) is 5.80. The molecule has 102 valence electrons. The van der Waals surface area contributed by atoms with Crippen LogP contribution in [0.1, 0.15) is 43.9 Å². The summed E-state index contributed by atoms with van der Waals surface area (Å²) in [4.78, 5) is 0. The number of aryl methyl sites for hydroxylation is 2. The maximum atomic E-state index is 13.9. The Morgan fingerprint density at radius 3 is 2.39 bits per heavy atom. The Morgan fingerprint density at radius 1 is 1.22 bits per heavy atom. The average molecular weight is 251 g/mol. The van der Waals surface area contributed by atoms with Crippen LogP contribution in [-0.2, 0) is 6.42 Å². The van der Waals surface area contributed by atoms with Crippen LogP contribution in [0.4, 0.5) is 4.39 Å². The summed E-state index contributed by atoms with van der Waals surface area (Å²) in [5, 5.41) is 3.48. The second-order valence-corrected chi connectivity index (χ2v) is 5.49. The lowest BCUT2D eigenvalue weighted by molar-refractivity contribution is 0.383. The van der Waals surface area contributed by atoms with Gasteiger partial charge < -0.3 is 5.32 Å². The maximum Gasteiger partial charge on any atom is 0.126 e. The van der Waals surface area contributed by atoms with Gasteiger partial charge in [-0.1, -0.05) is 26.8 Å². The molecule has 0 radical (unpaired) electrons. The number of nitrogens with one attached hydrogen (secondary N) is 1. The lowest BCUT2D eigenvalue weighted by Gasteiger charge is -2.22. The second-order valence-electron chi connectivity index (χ2n) is 5.49. The smallest absolute Gasteiger partial charge is 0.126 e. The fourth-order valence-corrected chi connectivity index (χ4v) is 2.50. The zero-order chi connectivity index (χ0) is 13.7. The third-order valence-electron chi connectivity index (χ3n) is 3.54. The van der Waals surface area contributed by atoms with Crippen LogP contribution in [0.3, 0.4) is 0 Å². The van der Waals surface area contributed by atoms with Gasteiger partial charge in [0.25, 0.3) is 0 Å². The van der Waals surface area contributed by atoms with Gasteiger partial charge >= 0.3 is 0 Å². The van der Waals surface area contributed by atoms with Gasteiger partial charge in [0.05, 0.1) is 0 Å². The number of rotatable bonds is 6. The minimum Gasteiger partial charge on any atom is -0.314 e. The normalized spacial score (nSPS) is 13.1. The first-order valence-corrected chi connectivity index (χ1v) is 6.94. The van der Waals surface area contributed by atoms with E-state index in [1.807, 2.05) is 13.8 Å².